The summed E-state index contributed by atoms with van der Waals surface area (Å²) in [6, 6.07) is 2.71. The van der Waals surface area contributed by atoms with Gasteiger partial charge in [-0.05, 0) is 36.6 Å². The Balaban J connectivity index is 2.18. The molecule has 1 aromatic carbocycles. The van der Waals surface area contributed by atoms with Crippen molar-refractivity contribution >= 4 is 35.4 Å². The fraction of sp³-hybridized carbons (Fsp3) is 0.448. The maximum absolute atomic E-state index is 13.5. The van der Waals surface area contributed by atoms with Crippen molar-refractivity contribution in [1.82, 2.24) is 30.5 Å². The average Bonchev–Trinajstić information content (AvgIpc) is 3.47. The minimum atomic E-state index is -1.36. The van der Waals surface area contributed by atoms with Gasteiger partial charge >= 0.3 is 0 Å². The molecule has 1 aromatic heterocycles. The molecule has 13 nitrogen and oxygen atoms in total. The first-order valence-corrected chi connectivity index (χ1v) is 13.9. The van der Waals surface area contributed by atoms with E-state index in [0.717, 1.165) is 21.6 Å². The molecule has 1 heterocycles. The van der Waals surface area contributed by atoms with E-state index >= 15 is 0 Å². The Bertz CT molecular complexity index is 1360. The van der Waals surface area contributed by atoms with E-state index in [-0.39, 0.29) is 43.1 Å². The summed E-state index contributed by atoms with van der Waals surface area (Å²) in [5.74, 6) is -6.21. The van der Waals surface area contributed by atoms with Gasteiger partial charge in [-0.15, -0.1) is 0 Å². The Morgan fingerprint density at radius 1 is 1.02 bits per heavy atom. The zero-order valence-electron chi connectivity index (χ0n) is 25.2. The van der Waals surface area contributed by atoms with Crippen LogP contribution in [0.25, 0.3) is 0 Å². The van der Waals surface area contributed by atoms with Gasteiger partial charge in [-0.1, -0.05) is 20.3 Å². The predicted molar refractivity (Wildman–Crippen MR) is 153 cm³/mol. The van der Waals surface area contributed by atoms with Crippen LogP contribution in [0.15, 0.2) is 36.5 Å². The van der Waals surface area contributed by atoms with Crippen LogP contribution in [0.4, 0.5) is 8.78 Å². The quantitative estimate of drug-likeness (QED) is 0.184. The highest BCUT2D eigenvalue weighted by molar-refractivity contribution is 6.00. The number of carbonyl (C=O) groups is 6. The number of nitrogens with zero attached hydrogens (tertiary/aromatic N) is 3. The Labute approximate surface area is 253 Å². The third kappa shape index (κ3) is 9.42. The van der Waals surface area contributed by atoms with Crippen LogP contribution in [-0.4, -0.2) is 94.3 Å². The van der Waals surface area contributed by atoms with Crippen LogP contribution in [-0.2, 0) is 14.4 Å². The summed E-state index contributed by atoms with van der Waals surface area (Å²) in [4.78, 5) is 78.5. The Kier molecular flexibility index (Phi) is 13.1. The van der Waals surface area contributed by atoms with E-state index in [4.69, 9.17) is 0 Å². The van der Waals surface area contributed by atoms with Crippen LogP contribution in [0.3, 0.4) is 0 Å². The molecular formula is C29H38F2N6O7. The van der Waals surface area contributed by atoms with Gasteiger partial charge in [-0.3, -0.25) is 38.5 Å². The molecule has 4 N–H and O–H groups in total. The number of carbonyl (C=O) groups excluding carboxylic acids is 6. The molecule has 44 heavy (non-hydrogen) atoms. The molecule has 0 aliphatic heterocycles. The van der Waals surface area contributed by atoms with Crippen molar-refractivity contribution in [2.45, 2.75) is 52.1 Å². The van der Waals surface area contributed by atoms with Gasteiger partial charge in [0.2, 0.25) is 17.7 Å². The second-order valence-corrected chi connectivity index (χ2v) is 10.3. The molecule has 0 radical (unpaired) electrons. The van der Waals surface area contributed by atoms with Gasteiger partial charge in [-0.25, -0.2) is 14.3 Å². The van der Waals surface area contributed by atoms with Crippen LogP contribution < -0.4 is 16.1 Å². The molecule has 0 bridgehead atoms. The van der Waals surface area contributed by atoms with Crippen molar-refractivity contribution in [3.8, 4) is 0 Å². The Hall–Kier alpha value is -4.66. The Morgan fingerprint density at radius 3 is 2.23 bits per heavy atom. The van der Waals surface area contributed by atoms with Gasteiger partial charge in [-0.2, -0.15) is 0 Å². The summed E-state index contributed by atoms with van der Waals surface area (Å²) in [7, 11) is 2.92. The first kappa shape index (κ1) is 35.5. The van der Waals surface area contributed by atoms with Crippen molar-refractivity contribution in [3.63, 3.8) is 0 Å². The first-order valence-electron chi connectivity index (χ1n) is 13.9. The van der Waals surface area contributed by atoms with Crippen LogP contribution in [0.2, 0.25) is 0 Å². The number of halogens is 2. The fourth-order valence-corrected chi connectivity index (χ4v) is 4.38. The lowest BCUT2D eigenvalue weighted by Gasteiger charge is -2.32. The molecule has 0 saturated carbocycles. The van der Waals surface area contributed by atoms with Crippen molar-refractivity contribution in [3.05, 3.63) is 59.4 Å². The van der Waals surface area contributed by atoms with Crippen molar-refractivity contribution in [1.29, 1.82) is 0 Å². The molecule has 2 aromatic rings. The molecule has 3 atom stereocenters. The highest BCUT2D eigenvalue weighted by Crippen LogP contribution is 2.18. The minimum Gasteiger partial charge on any atom is -0.352 e. The lowest BCUT2D eigenvalue weighted by Crippen LogP contribution is -2.56. The van der Waals surface area contributed by atoms with E-state index in [0.29, 0.717) is 12.5 Å². The van der Waals surface area contributed by atoms with Gasteiger partial charge in [0.15, 0.2) is 0 Å². The van der Waals surface area contributed by atoms with E-state index in [1.165, 1.54) is 42.7 Å². The maximum Gasteiger partial charge on any atom is 0.271 e. The molecule has 5 amide bonds. The molecule has 1 unspecified atom stereocenters. The average molecular weight is 621 g/mol. The van der Waals surface area contributed by atoms with Crippen LogP contribution >= 0.6 is 0 Å². The van der Waals surface area contributed by atoms with Crippen LogP contribution in [0.1, 0.15) is 65.7 Å². The molecule has 240 valence electrons. The highest BCUT2D eigenvalue weighted by Gasteiger charge is 2.35. The van der Waals surface area contributed by atoms with Crippen LogP contribution in [0.5, 0.6) is 0 Å². The van der Waals surface area contributed by atoms with Crippen molar-refractivity contribution in [2.75, 3.05) is 27.2 Å². The fourth-order valence-electron chi connectivity index (χ4n) is 4.38. The summed E-state index contributed by atoms with van der Waals surface area (Å²) >= 11 is 0. The number of hydroxylamine groups is 1. The van der Waals surface area contributed by atoms with Crippen molar-refractivity contribution < 1.29 is 42.8 Å². The third-order valence-electron chi connectivity index (χ3n) is 7.21. The van der Waals surface area contributed by atoms with E-state index < -0.39 is 59.2 Å². The predicted octanol–water partition coefficient (Wildman–Crippen LogP) is 1.57. The molecule has 0 fully saturated rings. The van der Waals surface area contributed by atoms with Crippen molar-refractivity contribution in [2.24, 2.45) is 5.92 Å². The lowest BCUT2D eigenvalue weighted by molar-refractivity contribution is -0.136. The van der Waals surface area contributed by atoms with Gasteiger partial charge in [0.05, 0.1) is 0 Å². The maximum atomic E-state index is 13.5. The third-order valence-corrected chi connectivity index (χ3v) is 7.21. The molecule has 15 heteroatoms. The van der Waals surface area contributed by atoms with Gasteiger partial charge in [0.1, 0.15) is 29.4 Å². The topological polar surface area (TPSA) is 170 Å². The van der Waals surface area contributed by atoms with Gasteiger partial charge in [0.25, 0.3) is 17.7 Å². The smallest absolute Gasteiger partial charge is 0.271 e. The SMILES string of the molecule is CCC(C)[C@@H](C(=O)N[C@@H](CCNC(=O)c1cc(F)cc(F)c1)C(=O)NO)N(C)C(=O)c1cccn1C(=O)CCN(C)C(C)=O. The lowest BCUT2D eigenvalue weighted by atomic mass is 9.96. The van der Waals surface area contributed by atoms with E-state index in [1.54, 1.807) is 20.9 Å². The summed E-state index contributed by atoms with van der Waals surface area (Å²) in [5.41, 5.74) is 1.15. The molecular weight excluding hydrogens is 582 g/mol. The van der Waals surface area contributed by atoms with E-state index in [1.807, 2.05) is 0 Å². The molecule has 0 aliphatic carbocycles. The minimum absolute atomic E-state index is 0.00905. The monoisotopic (exact) mass is 620 g/mol. The zero-order valence-corrected chi connectivity index (χ0v) is 25.2. The normalized spacial score (nSPS) is 12.8. The number of benzene rings is 1. The van der Waals surface area contributed by atoms with E-state index in [2.05, 4.69) is 10.6 Å². The number of aromatic nitrogens is 1. The largest absolute Gasteiger partial charge is 0.352 e. The second kappa shape index (κ2) is 16.3. The number of amides is 5. The number of hydrogen-bond acceptors (Lipinski definition) is 7. The number of nitrogens with one attached hydrogen (secondary N) is 3. The van der Waals surface area contributed by atoms with E-state index in [9.17, 15) is 42.8 Å². The number of rotatable bonds is 14. The van der Waals surface area contributed by atoms with Crippen LogP contribution in [0, 0.1) is 17.6 Å². The molecule has 0 saturated heterocycles. The summed E-state index contributed by atoms with van der Waals surface area (Å²) < 4.78 is 28.1. The number of hydrogen-bond donors (Lipinski definition) is 4. The van der Waals surface area contributed by atoms with Gasteiger partial charge < -0.3 is 20.4 Å². The Morgan fingerprint density at radius 2 is 1.66 bits per heavy atom. The molecule has 2 rings (SSSR count). The molecule has 0 spiro atoms. The zero-order chi connectivity index (χ0) is 33.1. The highest BCUT2D eigenvalue weighted by atomic mass is 19.1. The number of likely N-dealkylation sites (N-methyl/N-ethyl adjacent to an activating group) is 1. The standard InChI is InChI=1S/C29H38F2N6O7/c1-6-17(2)25(36(5)29(43)23-8-7-12-37(23)24(39)10-13-35(4)18(3)38)28(42)33-22(27(41)34-44)9-11-32-26(40)19-14-20(30)16-21(31)15-19/h7-8,12,14-17,22,25,44H,6,9-11,13H2,1-5H3,(H,32,40)(H,33,42)(H,34,41)/t17?,22-,25-/m0/s1. The first-order chi connectivity index (χ1) is 20.7. The second-order valence-electron chi connectivity index (χ2n) is 10.3. The molecule has 0 aliphatic rings. The summed E-state index contributed by atoms with van der Waals surface area (Å²) in [5, 5.41) is 14.1. The summed E-state index contributed by atoms with van der Waals surface area (Å²) in [6.07, 6.45) is 1.58. The van der Waals surface area contributed by atoms with Gasteiger partial charge in [0, 0.05) is 58.4 Å². The summed E-state index contributed by atoms with van der Waals surface area (Å²) in [6.45, 7) is 4.79.